The topological polar surface area (TPSA) is 90.2 Å². The Balaban J connectivity index is 3.69. The Labute approximate surface area is 76.6 Å². The summed E-state index contributed by atoms with van der Waals surface area (Å²) in [6.45, 7) is -0.769. The molecule has 4 N–H and O–H groups in total. The summed E-state index contributed by atoms with van der Waals surface area (Å²) in [5.41, 5.74) is 0. The van der Waals surface area contributed by atoms with Crippen LogP contribution in [0.3, 0.4) is 0 Å². The highest BCUT2D eigenvalue weighted by molar-refractivity contribution is 4.83. The number of hydrogen-bond acceptors (Lipinski definition) is 5. The lowest BCUT2D eigenvalue weighted by atomic mass is 10.1. The van der Waals surface area contributed by atoms with Gasteiger partial charge in [0.05, 0.1) is 13.2 Å². The van der Waals surface area contributed by atoms with Gasteiger partial charge in [0.25, 0.3) is 0 Å². The molecule has 76 valence electrons. The summed E-state index contributed by atoms with van der Waals surface area (Å²) in [5.74, 6) is 2.18. The highest BCUT2D eigenvalue weighted by Gasteiger charge is 2.23. The number of aliphatic hydroxyl groups excluding tert-OH is 4. The van der Waals surface area contributed by atoms with Gasteiger partial charge in [0.15, 0.2) is 0 Å². The maximum atomic E-state index is 9.13. The van der Waals surface area contributed by atoms with Crippen LogP contribution in [-0.4, -0.2) is 58.6 Å². The molecule has 0 unspecified atom stereocenters. The van der Waals surface area contributed by atoms with E-state index in [9.17, 15) is 0 Å². The van der Waals surface area contributed by atoms with Crippen molar-refractivity contribution in [3.05, 3.63) is 0 Å². The molecule has 0 fully saturated rings. The van der Waals surface area contributed by atoms with Crippen molar-refractivity contribution in [2.45, 2.75) is 18.3 Å². The number of rotatable bonds is 6. The summed E-state index contributed by atoms with van der Waals surface area (Å²) in [7, 11) is 0. The van der Waals surface area contributed by atoms with Crippen LogP contribution in [0.15, 0.2) is 0 Å². The Bertz CT molecular complexity index is 164. The first kappa shape index (κ1) is 12.4. The maximum Gasteiger partial charge on any atom is 0.110 e. The van der Waals surface area contributed by atoms with Gasteiger partial charge in [-0.1, -0.05) is 5.92 Å². The quantitative estimate of drug-likeness (QED) is 0.279. The molecule has 0 aliphatic rings. The largest absolute Gasteiger partial charge is 0.394 e. The molecule has 0 aromatic rings. The maximum absolute atomic E-state index is 9.13. The van der Waals surface area contributed by atoms with Gasteiger partial charge in [-0.25, -0.2) is 0 Å². The molecule has 0 radical (unpaired) electrons. The average Bonchev–Trinajstić information content (AvgIpc) is 2.15. The molecule has 0 bridgehead atoms. The van der Waals surface area contributed by atoms with Crippen molar-refractivity contribution in [3.63, 3.8) is 0 Å². The van der Waals surface area contributed by atoms with Gasteiger partial charge in [-0.15, -0.1) is 6.42 Å². The smallest absolute Gasteiger partial charge is 0.110 e. The summed E-state index contributed by atoms with van der Waals surface area (Å²) in [5, 5.41) is 35.6. The Hall–Kier alpha value is -0.640. The van der Waals surface area contributed by atoms with Crippen LogP contribution < -0.4 is 0 Å². The first-order valence-electron chi connectivity index (χ1n) is 3.79. The molecule has 0 aliphatic heterocycles. The summed E-state index contributed by atoms with van der Waals surface area (Å²) in [6.07, 6.45) is 0.815. The molecule has 0 spiro atoms. The molecule has 0 heterocycles. The van der Waals surface area contributed by atoms with Crippen molar-refractivity contribution in [2.24, 2.45) is 0 Å². The lowest BCUT2D eigenvalue weighted by Crippen LogP contribution is -2.41. The Kier molecular flexibility index (Phi) is 6.49. The molecule has 0 amide bonds. The van der Waals surface area contributed by atoms with Crippen LogP contribution in [0.5, 0.6) is 0 Å². The van der Waals surface area contributed by atoms with Gasteiger partial charge < -0.3 is 25.2 Å². The first-order valence-corrected chi connectivity index (χ1v) is 3.79. The molecule has 0 aliphatic carbocycles. The van der Waals surface area contributed by atoms with Crippen LogP contribution in [0.2, 0.25) is 0 Å². The van der Waals surface area contributed by atoms with Gasteiger partial charge in [-0.3, -0.25) is 0 Å². The third kappa shape index (κ3) is 4.83. The van der Waals surface area contributed by atoms with E-state index in [1.54, 1.807) is 0 Å². The van der Waals surface area contributed by atoms with E-state index < -0.39 is 24.9 Å². The van der Waals surface area contributed by atoms with Crippen LogP contribution in [0.4, 0.5) is 0 Å². The standard InChI is InChI=1S/C8H14O5/c1-2-3-13-5-7(11)8(12)6(10)4-9/h1,6-12H,3-5H2/t6-,7-,8-/m0/s1. The predicted molar refractivity (Wildman–Crippen MR) is 44.8 cm³/mol. The first-order chi connectivity index (χ1) is 6.13. The van der Waals surface area contributed by atoms with Gasteiger partial charge in [-0.05, 0) is 0 Å². The Morgan fingerprint density at radius 3 is 2.31 bits per heavy atom. The van der Waals surface area contributed by atoms with Crippen molar-refractivity contribution in [2.75, 3.05) is 19.8 Å². The van der Waals surface area contributed by atoms with E-state index in [0.717, 1.165) is 0 Å². The van der Waals surface area contributed by atoms with Crippen LogP contribution in [0.1, 0.15) is 0 Å². The van der Waals surface area contributed by atoms with Gasteiger partial charge in [0.1, 0.15) is 24.9 Å². The summed E-state index contributed by atoms with van der Waals surface area (Å²) >= 11 is 0. The number of terminal acetylenes is 1. The monoisotopic (exact) mass is 190 g/mol. The second kappa shape index (κ2) is 6.83. The third-order valence-corrected chi connectivity index (χ3v) is 1.45. The lowest BCUT2D eigenvalue weighted by Gasteiger charge is -2.20. The van der Waals surface area contributed by atoms with E-state index in [2.05, 4.69) is 5.92 Å². The van der Waals surface area contributed by atoms with Crippen molar-refractivity contribution < 1.29 is 25.2 Å². The zero-order valence-corrected chi connectivity index (χ0v) is 7.13. The molecule has 0 saturated carbocycles. The highest BCUT2D eigenvalue weighted by Crippen LogP contribution is 2.00. The molecule has 3 atom stereocenters. The SMILES string of the molecule is C#CCOC[C@H](O)[C@@H](O)[C@@H](O)CO. The van der Waals surface area contributed by atoms with Crippen LogP contribution in [0, 0.1) is 12.3 Å². The minimum Gasteiger partial charge on any atom is -0.394 e. The van der Waals surface area contributed by atoms with Gasteiger partial charge >= 0.3 is 0 Å². The Morgan fingerprint density at radius 1 is 1.23 bits per heavy atom. The third-order valence-electron chi connectivity index (χ3n) is 1.45. The minimum absolute atomic E-state index is 0.0268. The normalized spacial score (nSPS) is 17.5. The van der Waals surface area contributed by atoms with Crippen LogP contribution in [-0.2, 0) is 4.74 Å². The zero-order valence-electron chi connectivity index (χ0n) is 7.13. The molecule has 5 nitrogen and oxygen atoms in total. The molecular weight excluding hydrogens is 176 g/mol. The van der Waals surface area contributed by atoms with Crippen LogP contribution >= 0.6 is 0 Å². The van der Waals surface area contributed by atoms with Crippen molar-refractivity contribution in [3.8, 4) is 12.3 Å². The molecule has 5 heteroatoms. The van der Waals surface area contributed by atoms with Crippen LogP contribution in [0.25, 0.3) is 0 Å². The molecule has 0 aromatic carbocycles. The van der Waals surface area contributed by atoms with E-state index in [1.807, 2.05) is 0 Å². The zero-order chi connectivity index (χ0) is 10.3. The number of ether oxygens (including phenoxy) is 1. The number of aliphatic hydroxyl groups is 4. The fourth-order valence-electron chi connectivity index (χ4n) is 0.702. The fraction of sp³-hybridized carbons (Fsp3) is 0.750. The molecule has 0 saturated heterocycles. The average molecular weight is 190 g/mol. The second-order valence-corrected chi connectivity index (χ2v) is 2.53. The lowest BCUT2D eigenvalue weighted by molar-refractivity contribution is -0.0971. The van der Waals surface area contributed by atoms with Gasteiger partial charge in [-0.2, -0.15) is 0 Å². The van der Waals surface area contributed by atoms with E-state index in [4.69, 9.17) is 31.6 Å². The van der Waals surface area contributed by atoms with E-state index in [1.165, 1.54) is 0 Å². The van der Waals surface area contributed by atoms with Crippen molar-refractivity contribution in [1.82, 2.24) is 0 Å². The molecule has 0 rings (SSSR count). The number of hydrogen-bond donors (Lipinski definition) is 4. The molecular formula is C8H14O5. The summed E-state index contributed by atoms with van der Waals surface area (Å²) in [4.78, 5) is 0. The minimum atomic E-state index is -1.43. The second-order valence-electron chi connectivity index (χ2n) is 2.53. The highest BCUT2D eigenvalue weighted by atomic mass is 16.5. The molecule has 0 aromatic heterocycles. The van der Waals surface area contributed by atoms with Crippen molar-refractivity contribution >= 4 is 0 Å². The predicted octanol–water partition coefficient (Wildman–Crippen LogP) is -2.29. The van der Waals surface area contributed by atoms with E-state index >= 15 is 0 Å². The van der Waals surface area contributed by atoms with Gasteiger partial charge in [0, 0.05) is 0 Å². The summed E-state index contributed by atoms with van der Waals surface area (Å²) in [6, 6.07) is 0. The fourth-order valence-corrected chi connectivity index (χ4v) is 0.702. The van der Waals surface area contributed by atoms with Gasteiger partial charge in [0.2, 0.25) is 0 Å². The van der Waals surface area contributed by atoms with Crippen molar-refractivity contribution in [1.29, 1.82) is 0 Å². The van der Waals surface area contributed by atoms with E-state index in [-0.39, 0.29) is 13.2 Å². The molecule has 13 heavy (non-hydrogen) atoms. The van der Waals surface area contributed by atoms with E-state index in [0.29, 0.717) is 0 Å². The summed E-state index contributed by atoms with van der Waals surface area (Å²) < 4.78 is 4.72. The Morgan fingerprint density at radius 2 is 1.85 bits per heavy atom.